The van der Waals surface area contributed by atoms with Gasteiger partial charge in [0, 0.05) is 31.4 Å². The summed E-state index contributed by atoms with van der Waals surface area (Å²) in [6.45, 7) is 3.86. The quantitative estimate of drug-likeness (QED) is 0.375. The van der Waals surface area contributed by atoms with Crippen molar-refractivity contribution >= 4 is 5.96 Å². The highest BCUT2D eigenvalue weighted by atomic mass is 16.3. The third-order valence-corrected chi connectivity index (χ3v) is 4.99. The molecule has 2 aromatic carbocycles. The van der Waals surface area contributed by atoms with Crippen molar-refractivity contribution in [1.82, 2.24) is 15.6 Å². The number of nitrogens with zero attached hydrogens (tertiary/aromatic N) is 2. The Morgan fingerprint density at radius 3 is 2.03 bits per heavy atom. The average Bonchev–Trinajstić information content (AvgIpc) is 2.81. The molecule has 1 unspecified atom stereocenters. The molecule has 5 heteroatoms. The topological polar surface area (TPSA) is 69.5 Å². The van der Waals surface area contributed by atoms with Crippen LogP contribution in [-0.4, -0.2) is 35.7 Å². The second kappa shape index (κ2) is 11.7. The SMILES string of the molecule is CCNC(=NCC(O)c1ccncc1)NCCC(c1ccccc1)c1ccccc1. The van der Waals surface area contributed by atoms with E-state index >= 15 is 0 Å². The number of aromatic nitrogens is 1. The van der Waals surface area contributed by atoms with Crippen molar-refractivity contribution < 1.29 is 5.11 Å². The summed E-state index contributed by atoms with van der Waals surface area (Å²) in [6, 6.07) is 24.8. The van der Waals surface area contributed by atoms with Gasteiger partial charge in [0.05, 0.1) is 12.6 Å². The average molecular weight is 403 g/mol. The highest BCUT2D eigenvalue weighted by Crippen LogP contribution is 2.27. The lowest BCUT2D eigenvalue weighted by Crippen LogP contribution is -2.38. The van der Waals surface area contributed by atoms with Gasteiger partial charge in [0.1, 0.15) is 0 Å². The molecule has 30 heavy (non-hydrogen) atoms. The Labute approximate surface area is 178 Å². The van der Waals surface area contributed by atoms with Gasteiger partial charge in [-0.2, -0.15) is 0 Å². The minimum Gasteiger partial charge on any atom is -0.386 e. The number of aliphatic hydroxyl groups is 1. The summed E-state index contributed by atoms with van der Waals surface area (Å²) in [5.74, 6) is 1.02. The van der Waals surface area contributed by atoms with Crippen LogP contribution >= 0.6 is 0 Å². The van der Waals surface area contributed by atoms with E-state index < -0.39 is 6.10 Å². The predicted octanol–water partition coefficient (Wildman–Crippen LogP) is 3.89. The zero-order valence-corrected chi connectivity index (χ0v) is 17.4. The Morgan fingerprint density at radius 1 is 0.867 bits per heavy atom. The van der Waals surface area contributed by atoms with Crippen molar-refractivity contribution in [3.05, 3.63) is 102 Å². The molecule has 1 atom stereocenters. The van der Waals surface area contributed by atoms with Crippen molar-refractivity contribution in [3.63, 3.8) is 0 Å². The van der Waals surface area contributed by atoms with E-state index in [1.165, 1.54) is 11.1 Å². The zero-order chi connectivity index (χ0) is 21.0. The van der Waals surface area contributed by atoms with Gasteiger partial charge < -0.3 is 15.7 Å². The number of hydrogen-bond acceptors (Lipinski definition) is 3. The molecular weight excluding hydrogens is 372 g/mol. The van der Waals surface area contributed by atoms with Gasteiger partial charge in [-0.3, -0.25) is 9.98 Å². The lowest BCUT2D eigenvalue weighted by atomic mass is 9.88. The largest absolute Gasteiger partial charge is 0.386 e. The highest BCUT2D eigenvalue weighted by molar-refractivity contribution is 5.79. The van der Waals surface area contributed by atoms with E-state index in [2.05, 4.69) is 69.1 Å². The molecular formula is C25H30N4O. The third-order valence-electron chi connectivity index (χ3n) is 4.99. The molecule has 5 nitrogen and oxygen atoms in total. The second-order valence-corrected chi connectivity index (χ2v) is 7.11. The van der Waals surface area contributed by atoms with Crippen LogP contribution in [0.25, 0.3) is 0 Å². The Hall–Kier alpha value is -3.18. The minimum absolute atomic E-state index is 0.292. The molecule has 0 spiro atoms. The van der Waals surface area contributed by atoms with E-state index in [9.17, 15) is 5.11 Å². The van der Waals surface area contributed by atoms with Gasteiger partial charge in [-0.1, -0.05) is 60.7 Å². The van der Waals surface area contributed by atoms with E-state index in [4.69, 9.17) is 0 Å². The number of aliphatic hydroxyl groups excluding tert-OH is 1. The standard InChI is InChI=1S/C25H30N4O/c1-2-27-25(29-19-24(30)22-13-16-26-17-14-22)28-18-15-23(20-9-5-3-6-10-20)21-11-7-4-8-12-21/h3-14,16-17,23-24,30H,2,15,18-19H2,1H3,(H2,27,28,29). The minimum atomic E-state index is -0.648. The summed E-state index contributed by atoms with van der Waals surface area (Å²) < 4.78 is 0. The Morgan fingerprint density at radius 2 is 1.47 bits per heavy atom. The van der Waals surface area contributed by atoms with Crippen molar-refractivity contribution in [1.29, 1.82) is 0 Å². The Bertz CT molecular complexity index is 845. The van der Waals surface area contributed by atoms with Crippen LogP contribution in [0.5, 0.6) is 0 Å². The van der Waals surface area contributed by atoms with Crippen molar-refractivity contribution in [2.75, 3.05) is 19.6 Å². The fraction of sp³-hybridized carbons (Fsp3) is 0.280. The lowest BCUT2D eigenvalue weighted by Gasteiger charge is -2.19. The molecule has 0 amide bonds. The molecule has 0 fully saturated rings. The van der Waals surface area contributed by atoms with E-state index in [0.29, 0.717) is 18.4 Å². The van der Waals surface area contributed by atoms with Crippen LogP contribution in [0.2, 0.25) is 0 Å². The van der Waals surface area contributed by atoms with Crippen LogP contribution in [-0.2, 0) is 0 Å². The molecule has 0 saturated carbocycles. The Balaban J connectivity index is 1.63. The first kappa shape index (κ1) is 21.5. The number of guanidine groups is 1. The van der Waals surface area contributed by atoms with Crippen LogP contribution in [0.1, 0.15) is 42.1 Å². The van der Waals surface area contributed by atoms with Crippen LogP contribution in [0.3, 0.4) is 0 Å². The molecule has 0 saturated heterocycles. The van der Waals surface area contributed by atoms with E-state index in [-0.39, 0.29) is 0 Å². The van der Waals surface area contributed by atoms with Gasteiger partial charge in [0.15, 0.2) is 5.96 Å². The third kappa shape index (κ3) is 6.42. The van der Waals surface area contributed by atoms with Gasteiger partial charge in [0.25, 0.3) is 0 Å². The summed E-state index contributed by atoms with van der Waals surface area (Å²) in [5, 5.41) is 17.0. The lowest BCUT2D eigenvalue weighted by molar-refractivity contribution is 0.187. The number of rotatable bonds is 9. The molecule has 1 aromatic heterocycles. The molecule has 3 aromatic rings. The van der Waals surface area contributed by atoms with Crippen LogP contribution in [0.15, 0.2) is 90.2 Å². The van der Waals surface area contributed by atoms with Crippen molar-refractivity contribution in [2.24, 2.45) is 4.99 Å². The molecule has 3 rings (SSSR count). The summed E-state index contributed by atoms with van der Waals surface area (Å²) in [6.07, 6.45) is 3.65. The predicted molar refractivity (Wildman–Crippen MR) is 123 cm³/mol. The molecule has 0 aliphatic carbocycles. The first-order chi connectivity index (χ1) is 14.8. The van der Waals surface area contributed by atoms with Gasteiger partial charge in [-0.15, -0.1) is 0 Å². The van der Waals surface area contributed by atoms with Gasteiger partial charge in [0.2, 0.25) is 0 Å². The van der Waals surface area contributed by atoms with Crippen LogP contribution in [0, 0.1) is 0 Å². The molecule has 0 aliphatic heterocycles. The maximum atomic E-state index is 10.4. The molecule has 156 valence electrons. The fourth-order valence-corrected chi connectivity index (χ4v) is 3.44. The smallest absolute Gasteiger partial charge is 0.191 e. The number of benzene rings is 2. The maximum absolute atomic E-state index is 10.4. The number of nitrogens with one attached hydrogen (secondary N) is 2. The monoisotopic (exact) mass is 402 g/mol. The summed E-state index contributed by atoms with van der Waals surface area (Å²) in [5.41, 5.74) is 3.43. The van der Waals surface area contributed by atoms with Gasteiger partial charge >= 0.3 is 0 Å². The van der Waals surface area contributed by atoms with Crippen LogP contribution in [0.4, 0.5) is 0 Å². The highest BCUT2D eigenvalue weighted by Gasteiger charge is 2.14. The molecule has 1 heterocycles. The molecule has 0 bridgehead atoms. The fourth-order valence-electron chi connectivity index (χ4n) is 3.44. The summed E-state index contributed by atoms with van der Waals surface area (Å²) in [7, 11) is 0. The molecule has 0 aliphatic rings. The van der Waals surface area contributed by atoms with Crippen molar-refractivity contribution in [2.45, 2.75) is 25.4 Å². The Kier molecular flexibility index (Phi) is 8.42. The van der Waals surface area contributed by atoms with Gasteiger partial charge in [-0.25, -0.2) is 0 Å². The first-order valence-corrected chi connectivity index (χ1v) is 10.5. The number of pyridine rings is 1. The second-order valence-electron chi connectivity index (χ2n) is 7.11. The molecule has 0 radical (unpaired) electrons. The summed E-state index contributed by atoms with van der Waals surface area (Å²) >= 11 is 0. The van der Waals surface area contributed by atoms with E-state index in [1.54, 1.807) is 12.4 Å². The van der Waals surface area contributed by atoms with Crippen molar-refractivity contribution in [3.8, 4) is 0 Å². The van der Waals surface area contributed by atoms with E-state index in [1.807, 2.05) is 31.2 Å². The summed E-state index contributed by atoms with van der Waals surface area (Å²) in [4.78, 5) is 8.54. The van der Waals surface area contributed by atoms with Gasteiger partial charge in [-0.05, 0) is 42.2 Å². The normalized spacial score (nSPS) is 12.6. The number of aliphatic imine (C=N–C) groups is 1. The number of hydrogen-bond donors (Lipinski definition) is 3. The first-order valence-electron chi connectivity index (χ1n) is 10.5. The van der Waals surface area contributed by atoms with Crippen LogP contribution < -0.4 is 10.6 Å². The molecule has 3 N–H and O–H groups in total. The van der Waals surface area contributed by atoms with E-state index in [0.717, 1.165) is 25.1 Å². The maximum Gasteiger partial charge on any atom is 0.191 e. The zero-order valence-electron chi connectivity index (χ0n) is 17.4.